The fraction of sp³-hybridized carbons (Fsp3) is 0.846. The highest BCUT2D eigenvalue weighted by Crippen LogP contribution is 2.23. The highest BCUT2D eigenvalue weighted by Gasteiger charge is 2.14. The Morgan fingerprint density at radius 1 is 1.15 bits per heavy atom. The van der Waals surface area contributed by atoms with E-state index in [2.05, 4.69) is 47.6 Å². The zero-order chi connectivity index (χ0) is 10.4. The molecule has 0 aromatic carbocycles. The van der Waals surface area contributed by atoms with Crippen molar-refractivity contribution in [2.45, 2.75) is 54.4 Å². The van der Waals surface area contributed by atoms with Gasteiger partial charge in [0, 0.05) is 0 Å². The van der Waals surface area contributed by atoms with E-state index in [4.69, 9.17) is 0 Å². The first-order valence-corrected chi connectivity index (χ1v) is 5.64. The molecule has 0 radical (unpaired) electrons. The molecule has 0 saturated carbocycles. The van der Waals surface area contributed by atoms with Gasteiger partial charge in [-0.2, -0.15) is 0 Å². The fourth-order valence-corrected chi connectivity index (χ4v) is 1.40. The van der Waals surface area contributed by atoms with Crippen molar-refractivity contribution in [3.05, 3.63) is 11.6 Å². The zero-order valence-corrected chi connectivity index (χ0v) is 10.2. The summed E-state index contributed by atoms with van der Waals surface area (Å²) in [6.45, 7) is 13.8. The molecule has 0 aliphatic carbocycles. The van der Waals surface area contributed by atoms with Crippen molar-refractivity contribution >= 4 is 0 Å². The summed E-state index contributed by atoms with van der Waals surface area (Å²) in [5.41, 5.74) is 1.53. The molecule has 2 unspecified atom stereocenters. The Labute approximate surface area is 84.4 Å². The van der Waals surface area contributed by atoms with E-state index in [1.54, 1.807) is 0 Å². The van der Waals surface area contributed by atoms with Crippen LogP contribution in [0.4, 0.5) is 0 Å². The van der Waals surface area contributed by atoms with Gasteiger partial charge in [-0.1, -0.05) is 46.3 Å². The zero-order valence-electron chi connectivity index (χ0n) is 10.2. The lowest BCUT2D eigenvalue weighted by atomic mass is 9.84. The highest BCUT2D eigenvalue weighted by atomic mass is 14.2. The first kappa shape index (κ1) is 12.7. The van der Waals surface area contributed by atoms with Crippen LogP contribution in [-0.2, 0) is 0 Å². The summed E-state index contributed by atoms with van der Waals surface area (Å²) in [4.78, 5) is 0. The normalized spacial score (nSPS) is 17.6. The van der Waals surface area contributed by atoms with Crippen molar-refractivity contribution in [3.63, 3.8) is 0 Å². The molecule has 0 fully saturated rings. The number of hydrogen-bond acceptors (Lipinski definition) is 0. The number of allylic oxidation sites excluding steroid dienone is 2. The van der Waals surface area contributed by atoms with Crippen LogP contribution in [0.15, 0.2) is 11.6 Å². The van der Waals surface area contributed by atoms with Crippen LogP contribution in [0.5, 0.6) is 0 Å². The predicted molar refractivity (Wildman–Crippen MR) is 61.8 cm³/mol. The van der Waals surface area contributed by atoms with Gasteiger partial charge in [-0.25, -0.2) is 0 Å². The van der Waals surface area contributed by atoms with Crippen LogP contribution in [-0.4, -0.2) is 0 Å². The average Bonchev–Trinajstić information content (AvgIpc) is 2.11. The van der Waals surface area contributed by atoms with E-state index in [0.717, 1.165) is 17.8 Å². The van der Waals surface area contributed by atoms with Crippen LogP contribution in [0.3, 0.4) is 0 Å². The smallest absolute Gasteiger partial charge is 0.0320 e. The molecule has 0 saturated heterocycles. The summed E-state index contributed by atoms with van der Waals surface area (Å²) in [7, 11) is 0. The van der Waals surface area contributed by atoms with Gasteiger partial charge in [0.15, 0.2) is 0 Å². The third-order valence-corrected chi connectivity index (χ3v) is 3.34. The molecule has 0 aliphatic rings. The lowest BCUT2D eigenvalue weighted by Gasteiger charge is -2.22. The van der Waals surface area contributed by atoms with Crippen LogP contribution in [0.25, 0.3) is 0 Å². The molecule has 0 bridgehead atoms. The average molecular weight is 182 g/mol. The lowest BCUT2D eigenvalue weighted by Crippen LogP contribution is -2.13. The van der Waals surface area contributed by atoms with Crippen molar-refractivity contribution in [1.82, 2.24) is 0 Å². The monoisotopic (exact) mass is 182 g/mol. The summed E-state index contributed by atoms with van der Waals surface area (Å²) >= 11 is 0. The lowest BCUT2D eigenvalue weighted by molar-refractivity contribution is 0.298. The summed E-state index contributed by atoms with van der Waals surface area (Å²) in [6, 6.07) is 0. The maximum absolute atomic E-state index is 2.41. The van der Waals surface area contributed by atoms with Crippen LogP contribution < -0.4 is 0 Å². The molecule has 0 aromatic rings. The van der Waals surface area contributed by atoms with Gasteiger partial charge in [-0.3, -0.25) is 0 Å². The standard InChI is InChI=1S/C13H26/c1-7-11(4)8-9-12(5)13(6)10(2)3/h8,10,12-13H,7,9H2,1-6H3. The number of hydrogen-bond donors (Lipinski definition) is 0. The Kier molecular flexibility index (Phi) is 6.11. The number of rotatable bonds is 5. The quantitative estimate of drug-likeness (QED) is 0.542. The Hall–Kier alpha value is -0.260. The third kappa shape index (κ3) is 5.13. The van der Waals surface area contributed by atoms with Gasteiger partial charge in [-0.05, 0) is 37.5 Å². The summed E-state index contributed by atoms with van der Waals surface area (Å²) < 4.78 is 0. The van der Waals surface area contributed by atoms with Crippen molar-refractivity contribution < 1.29 is 0 Å². The second kappa shape index (κ2) is 6.23. The van der Waals surface area contributed by atoms with Crippen molar-refractivity contribution in [2.75, 3.05) is 0 Å². The van der Waals surface area contributed by atoms with Gasteiger partial charge in [0.2, 0.25) is 0 Å². The summed E-state index contributed by atoms with van der Waals surface area (Å²) in [5.74, 6) is 2.47. The van der Waals surface area contributed by atoms with Crippen LogP contribution in [0, 0.1) is 17.8 Å². The van der Waals surface area contributed by atoms with E-state index in [1.807, 2.05) is 0 Å². The molecular formula is C13H26. The Morgan fingerprint density at radius 3 is 2.08 bits per heavy atom. The van der Waals surface area contributed by atoms with Gasteiger partial charge in [0.25, 0.3) is 0 Å². The molecule has 0 heteroatoms. The van der Waals surface area contributed by atoms with E-state index in [-0.39, 0.29) is 0 Å². The Morgan fingerprint density at radius 2 is 1.69 bits per heavy atom. The van der Waals surface area contributed by atoms with E-state index in [9.17, 15) is 0 Å². The van der Waals surface area contributed by atoms with Crippen molar-refractivity contribution in [2.24, 2.45) is 17.8 Å². The van der Waals surface area contributed by atoms with Crippen LogP contribution >= 0.6 is 0 Å². The third-order valence-electron chi connectivity index (χ3n) is 3.34. The maximum atomic E-state index is 2.41. The first-order valence-electron chi connectivity index (χ1n) is 5.64. The Bertz CT molecular complexity index is 153. The van der Waals surface area contributed by atoms with E-state index in [1.165, 1.54) is 18.4 Å². The first-order chi connectivity index (χ1) is 5.99. The van der Waals surface area contributed by atoms with E-state index in [0.29, 0.717) is 0 Å². The van der Waals surface area contributed by atoms with Gasteiger partial charge < -0.3 is 0 Å². The van der Waals surface area contributed by atoms with Crippen LogP contribution in [0.2, 0.25) is 0 Å². The fourth-order valence-electron chi connectivity index (χ4n) is 1.40. The molecule has 78 valence electrons. The second-order valence-electron chi connectivity index (χ2n) is 4.72. The molecule has 0 N–H and O–H groups in total. The largest absolute Gasteiger partial charge is 0.0853 e. The molecule has 0 amide bonds. The maximum Gasteiger partial charge on any atom is -0.0320 e. The molecule has 13 heavy (non-hydrogen) atoms. The van der Waals surface area contributed by atoms with Crippen LogP contribution in [0.1, 0.15) is 54.4 Å². The second-order valence-corrected chi connectivity index (χ2v) is 4.72. The molecule has 0 rings (SSSR count). The van der Waals surface area contributed by atoms with Gasteiger partial charge >= 0.3 is 0 Å². The topological polar surface area (TPSA) is 0 Å². The summed E-state index contributed by atoms with van der Waals surface area (Å²) in [6.07, 6.45) is 4.85. The van der Waals surface area contributed by atoms with Crippen molar-refractivity contribution in [1.29, 1.82) is 0 Å². The Balaban J connectivity index is 3.93. The molecule has 0 heterocycles. The van der Waals surface area contributed by atoms with Crippen molar-refractivity contribution in [3.8, 4) is 0 Å². The summed E-state index contributed by atoms with van der Waals surface area (Å²) in [5, 5.41) is 0. The van der Waals surface area contributed by atoms with Gasteiger partial charge in [0.05, 0.1) is 0 Å². The minimum Gasteiger partial charge on any atom is -0.0853 e. The molecule has 0 aliphatic heterocycles. The van der Waals surface area contributed by atoms with E-state index < -0.39 is 0 Å². The molecule has 2 atom stereocenters. The minimum absolute atomic E-state index is 0.810. The van der Waals surface area contributed by atoms with Gasteiger partial charge in [-0.15, -0.1) is 0 Å². The molecule has 0 aromatic heterocycles. The molecule has 0 nitrogen and oxygen atoms in total. The highest BCUT2D eigenvalue weighted by molar-refractivity contribution is 4.97. The molecular weight excluding hydrogens is 156 g/mol. The SMILES string of the molecule is CCC(C)=CCC(C)C(C)C(C)C. The predicted octanol–water partition coefficient (Wildman–Crippen LogP) is 4.66. The minimum atomic E-state index is 0.810. The van der Waals surface area contributed by atoms with Gasteiger partial charge in [0.1, 0.15) is 0 Å². The van der Waals surface area contributed by atoms with E-state index >= 15 is 0 Å². The molecule has 0 spiro atoms.